The van der Waals surface area contributed by atoms with E-state index >= 15 is 0 Å². The minimum Gasteiger partial charge on any atom is -0.488 e. The van der Waals surface area contributed by atoms with Crippen LogP contribution in [0.15, 0.2) is 10.5 Å². The number of hydrogen-bond acceptors (Lipinski definition) is 4. The van der Waals surface area contributed by atoms with Crippen LogP contribution in [0.1, 0.15) is 12.1 Å². The Hall–Kier alpha value is -1.31. The third kappa shape index (κ3) is 2.38. The molecular weight excluding hydrogens is 278 g/mol. The molecule has 82 valence electrons. The summed E-state index contributed by atoms with van der Waals surface area (Å²) in [6.07, 6.45) is -2.87. The van der Waals surface area contributed by atoms with Crippen molar-refractivity contribution in [2.45, 2.75) is 6.43 Å². The SMILES string of the molecule is COc1c(Br)cc(C(F)F)nc1[N+](=O)[O-]. The topological polar surface area (TPSA) is 65.3 Å². The van der Waals surface area contributed by atoms with Gasteiger partial charge in [0, 0.05) is 6.07 Å². The summed E-state index contributed by atoms with van der Waals surface area (Å²) in [4.78, 5) is 12.8. The summed E-state index contributed by atoms with van der Waals surface area (Å²) in [6, 6.07) is 0.983. The lowest BCUT2D eigenvalue weighted by atomic mass is 10.3. The smallest absolute Gasteiger partial charge is 0.407 e. The molecule has 0 aliphatic carbocycles. The standard InChI is InChI=1S/C7H5BrF2N2O3/c1-15-5-3(8)2-4(6(9)10)11-7(5)12(13)14/h2,6H,1H3. The van der Waals surface area contributed by atoms with Gasteiger partial charge in [0.25, 0.3) is 0 Å². The van der Waals surface area contributed by atoms with E-state index in [0.717, 1.165) is 6.07 Å². The first kappa shape index (κ1) is 11.8. The fraction of sp³-hybridized carbons (Fsp3) is 0.286. The van der Waals surface area contributed by atoms with Gasteiger partial charge < -0.3 is 14.9 Å². The number of rotatable bonds is 3. The van der Waals surface area contributed by atoms with Gasteiger partial charge in [-0.3, -0.25) is 0 Å². The average molecular weight is 283 g/mol. The highest BCUT2D eigenvalue weighted by Gasteiger charge is 2.26. The Bertz CT molecular complexity index is 400. The molecule has 1 aromatic rings. The van der Waals surface area contributed by atoms with Crippen molar-refractivity contribution >= 4 is 21.7 Å². The van der Waals surface area contributed by atoms with E-state index in [9.17, 15) is 18.9 Å². The molecule has 0 N–H and O–H groups in total. The molecule has 0 aliphatic heterocycles. The summed E-state index contributed by atoms with van der Waals surface area (Å²) in [7, 11) is 1.19. The van der Waals surface area contributed by atoms with Crippen LogP contribution < -0.4 is 4.74 Å². The van der Waals surface area contributed by atoms with Gasteiger partial charge >= 0.3 is 12.2 Å². The second-order valence-corrected chi connectivity index (χ2v) is 3.30. The Morgan fingerprint density at radius 1 is 1.67 bits per heavy atom. The molecule has 0 unspecified atom stereocenters. The number of nitrogens with zero attached hydrogens (tertiary/aromatic N) is 2. The number of pyridine rings is 1. The summed E-state index contributed by atoms with van der Waals surface area (Å²) in [5.41, 5.74) is -0.672. The van der Waals surface area contributed by atoms with E-state index in [-0.39, 0.29) is 10.2 Å². The highest BCUT2D eigenvalue weighted by atomic mass is 79.9. The number of alkyl halides is 2. The third-order valence-corrected chi connectivity index (χ3v) is 2.12. The maximum absolute atomic E-state index is 12.3. The van der Waals surface area contributed by atoms with Crippen LogP contribution in [0.25, 0.3) is 0 Å². The van der Waals surface area contributed by atoms with E-state index in [0.29, 0.717) is 0 Å². The number of nitro groups is 1. The van der Waals surface area contributed by atoms with Gasteiger partial charge in [-0.25, -0.2) is 8.78 Å². The summed E-state index contributed by atoms with van der Waals surface area (Å²) in [5.74, 6) is -0.911. The first-order chi connectivity index (χ1) is 6.97. The van der Waals surface area contributed by atoms with Gasteiger partial charge in [0.2, 0.25) is 11.4 Å². The largest absolute Gasteiger partial charge is 0.488 e. The van der Waals surface area contributed by atoms with Crippen LogP contribution in [-0.2, 0) is 0 Å². The second-order valence-electron chi connectivity index (χ2n) is 2.44. The zero-order chi connectivity index (χ0) is 11.6. The Morgan fingerprint density at radius 2 is 2.27 bits per heavy atom. The van der Waals surface area contributed by atoms with Gasteiger partial charge in [-0.1, -0.05) is 0 Å². The molecule has 8 heteroatoms. The lowest BCUT2D eigenvalue weighted by Crippen LogP contribution is -2.01. The van der Waals surface area contributed by atoms with Crippen molar-refractivity contribution < 1.29 is 18.4 Å². The minimum absolute atomic E-state index is 0.0713. The maximum Gasteiger partial charge on any atom is 0.407 e. The van der Waals surface area contributed by atoms with Crippen LogP contribution >= 0.6 is 15.9 Å². The molecule has 0 radical (unpaired) electrons. The summed E-state index contributed by atoms with van der Waals surface area (Å²) >= 11 is 2.89. The quantitative estimate of drug-likeness (QED) is 0.632. The molecule has 1 rings (SSSR count). The summed E-state index contributed by atoms with van der Waals surface area (Å²) in [5, 5.41) is 10.5. The van der Waals surface area contributed by atoms with Gasteiger partial charge in [-0.2, -0.15) is 0 Å². The zero-order valence-corrected chi connectivity index (χ0v) is 8.99. The minimum atomic E-state index is -2.87. The summed E-state index contributed by atoms with van der Waals surface area (Å²) in [6.45, 7) is 0. The molecule has 0 fully saturated rings. The highest BCUT2D eigenvalue weighted by Crippen LogP contribution is 2.35. The molecule has 0 bridgehead atoms. The van der Waals surface area contributed by atoms with Gasteiger partial charge in [0.15, 0.2) is 0 Å². The molecule has 1 aromatic heterocycles. The molecule has 0 amide bonds. The fourth-order valence-corrected chi connectivity index (χ4v) is 1.51. The Balaban J connectivity index is 3.38. The van der Waals surface area contributed by atoms with Gasteiger partial charge in [-0.15, -0.1) is 0 Å². The molecule has 0 saturated heterocycles. The Labute approximate surface area is 91.3 Å². The van der Waals surface area contributed by atoms with E-state index in [1.807, 2.05) is 0 Å². The second kappa shape index (κ2) is 4.47. The number of ether oxygens (including phenoxy) is 1. The normalized spacial score (nSPS) is 10.5. The lowest BCUT2D eigenvalue weighted by molar-refractivity contribution is -0.390. The van der Waals surface area contributed by atoms with Crippen molar-refractivity contribution in [1.29, 1.82) is 0 Å². The predicted molar refractivity (Wildman–Crippen MR) is 50.1 cm³/mol. The van der Waals surface area contributed by atoms with Crippen molar-refractivity contribution in [3.8, 4) is 5.75 Å². The lowest BCUT2D eigenvalue weighted by Gasteiger charge is -2.04. The first-order valence-corrected chi connectivity index (χ1v) is 4.43. The van der Waals surface area contributed by atoms with Crippen LogP contribution in [0, 0.1) is 10.1 Å². The van der Waals surface area contributed by atoms with E-state index in [4.69, 9.17) is 0 Å². The molecule has 1 heterocycles. The molecule has 15 heavy (non-hydrogen) atoms. The third-order valence-electron chi connectivity index (χ3n) is 1.53. The van der Waals surface area contributed by atoms with Crippen LogP contribution in [0.3, 0.4) is 0 Å². The first-order valence-electron chi connectivity index (χ1n) is 3.64. The van der Waals surface area contributed by atoms with Gasteiger partial charge in [-0.05, 0) is 25.8 Å². The van der Waals surface area contributed by atoms with E-state index < -0.39 is 22.9 Å². The van der Waals surface area contributed by atoms with Crippen LogP contribution in [0.2, 0.25) is 0 Å². The fourth-order valence-electron chi connectivity index (χ4n) is 0.932. The van der Waals surface area contributed by atoms with E-state index in [1.54, 1.807) is 0 Å². The monoisotopic (exact) mass is 282 g/mol. The molecule has 0 aromatic carbocycles. The molecule has 0 saturated carbocycles. The predicted octanol–water partition coefficient (Wildman–Crippen LogP) is 2.70. The van der Waals surface area contributed by atoms with Crippen LogP contribution in [0.4, 0.5) is 14.6 Å². The maximum atomic E-state index is 12.3. The average Bonchev–Trinajstić information content (AvgIpc) is 2.16. The molecule has 5 nitrogen and oxygen atoms in total. The Morgan fingerprint density at radius 3 is 2.67 bits per heavy atom. The van der Waals surface area contributed by atoms with E-state index in [1.165, 1.54) is 7.11 Å². The molecule has 0 atom stereocenters. The van der Waals surface area contributed by atoms with Crippen LogP contribution in [0.5, 0.6) is 5.75 Å². The number of methoxy groups -OCH3 is 1. The number of halogens is 3. The van der Waals surface area contributed by atoms with Gasteiger partial charge in [0.05, 0.1) is 11.6 Å². The van der Waals surface area contributed by atoms with E-state index in [2.05, 4.69) is 25.7 Å². The van der Waals surface area contributed by atoms with Crippen molar-refractivity contribution in [2.24, 2.45) is 0 Å². The number of hydrogen-bond donors (Lipinski definition) is 0. The summed E-state index contributed by atoms with van der Waals surface area (Å²) < 4.78 is 29.3. The van der Waals surface area contributed by atoms with Crippen molar-refractivity contribution in [3.63, 3.8) is 0 Å². The van der Waals surface area contributed by atoms with Crippen molar-refractivity contribution in [1.82, 2.24) is 4.98 Å². The van der Waals surface area contributed by atoms with Crippen molar-refractivity contribution in [3.05, 3.63) is 26.3 Å². The molecule has 0 aliphatic rings. The highest BCUT2D eigenvalue weighted by molar-refractivity contribution is 9.10. The Kier molecular flexibility index (Phi) is 3.51. The van der Waals surface area contributed by atoms with Gasteiger partial charge in [0.1, 0.15) is 0 Å². The molecule has 0 spiro atoms. The van der Waals surface area contributed by atoms with Crippen molar-refractivity contribution in [2.75, 3.05) is 7.11 Å². The number of aromatic nitrogens is 1. The van der Waals surface area contributed by atoms with Crippen LogP contribution in [-0.4, -0.2) is 17.0 Å². The molecular formula is C7H5BrF2N2O3. The zero-order valence-electron chi connectivity index (χ0n) is 7.41.